The smallest absolute Gasteiger partial charge is 0.283 e. The Balaban J connectivity index is 3.17. The Kier molecular flexibility index (Phi) is 4.78. The number of rotatable bonds is 4. The van der Waals surface area contributed by atoms with Gasteiger partial charge in [0.05, 0.1) is 0 Å². The number of carbonyl (C=O) groups is 2. The molecule has 0 saturated heterocycles. The van der Waals surface area contributed by atoms with E-state index in [9.17, 15) is 9.59 Å². The monoisotopic (exact) mass is 304 g/mol. The van der Waals surface area contributed by atoms with E-state index < -0.39 is 14.1 Å². The predicted molar refractivity (Wildman–Crippen MR) is 76.7 cm³/mol. The summed E-state index contributed by atoms with van der Waals surface area (Å²) >= 11 is 10.8. The van der Waals surface area contributed by atoms with Crippen molar-refractivity contribution < 1.29 is 9.59 Å². The highest BCUT2D eigenvalue weighted by atomic mass is 35.5. The van der Waals surface area contributed by atoms with Gasteiger partial charge in [0.2, 0.25) is 0 Å². The summed E-state index contributed by atoms with van der Waals surface area (Å²) in [6.45, 7) is 6.33. The first kappa shape index (κ1) is 15.0. The molecule has 0 bridgehead atoms. The van der Waals surface area contributed by atoms with E-state index in [2.05, 4.69) is 24.6 Å². The molecule has 1 rings (SSSR count). The van der Waals surface area contributed by atoms with E-state index in [0.717, 1.165) is 5.69 Å². The van der Waals surface area contributed by atoms with Crippen molar-refractivity contribution >= 4 is 49.7 Å². The molecule has 0 fully saturated rings. The quantitative estimate of drug-likeness (QED) is 0.526. The maximum atomic E-state index is 11.7. The van der Waals surface area contributed by atoms with Crippen LogP contribution in [-0.2, 0) is 0 Å². The zero-order valence-corrected chi connectivity index (χ0v) is 12.8. The molecule has 0 aliphatic rings. The van der Waals surface area contributed by atoms with E-state index in [-0.39, 0.29) is 5.56 Å². The Hall–Kier alpha value is -1.04. The van der Waals surface area contributed by atoms with Gasteiger partial charge >= 0.3 is 0 Å². The van der Waals surface area contributed by atoms with Crippen molar-refractivity contribution in [2.75, 3.05) is 4.98 Å². The molecule has 0 saturated carbocycles. The summed E-state index contributed by atoms with van der Waals surface area (Å²) in [5, 5.41) is 0. The van der Waals surface area contributed by atoms with Gasteiger partial charge in [-0.05, 0) is 18.2 Å². The number of amides is 1. The van der Waals surface area contributed by atoms with Crippen LogP contribution in [0.4, 0.5) is 5.69 Å². The van der Waals surface area contributed by atoms with Gasteiger partial charge in [0.15, 0.2) is 0 Å². The van der Waals surface area contributed by atoms with Gasteiger partial charge in [-0.1, -0.05) is 19.6 Å². The van der Waals surface area contributed by atoms with Crippen LogP contribution >= 0.6 is 23.6 Å². The van der Waals surface area contributed by atoms with E-state index in [4.69, 9.17) is 23.6 Å². The minimum absolute atomic E-state index is 0.269. The maximum Gasteiger partial charge on any atom is 0.283 e. The summed E-state index contributed by atoms with van der Waals surface area (Å²) in [7, 11) is -1.58. The Morgan fingerprint density at radius 3 is 2.33 bits per heavy atom. The molecule has 0 unspecified atom stereocenters. The molecule has 0 aliphatic carbocycles. The first-order valence-corrected chi connectivity index (χ1v) is 9.45. The minimum Gasteiger partial charge on any atom is -0.411 e. The third kappa shape index (κ3) is 4.32. The number of hydrogen-bond acceptors (Lipinski definition) is 3. The van der Waals surface area contributed by atoms with Gasteiger partial charge in [0, 0.05) is 40.4 Å². The lowest BCUT2D eigenvalue weighted by Gasteiger charge is -2.20. The van der Waals surface area contributed by atoms with Crippen LogP contribution in [-0.4, -0.2) is 24.4 Å². The fraction of sp³-hybridized carbons (Fsp3) is 0.273. The molecule has 1 aromatic carbocycles. The van der Waals surface area contributed by atoms with Crippen molar-refractivity contribution in [3.63, 3.8) is 0 Å². The molecule has 1 aromatic rings. The van der Waals surface area contributed by atoms with Crippen LogP contribution in [0, 0.1) is 0 Å². The van der Waals surface area contributed by atoms with E-state index in [0.29, 0.717) is 15.8 Å². The third-order valence-corrected chi connectivity index (χ3v) is 3.36. The Bertz CT molecular complexity index is 473. The van der Waals surface area contributed by atoms with Crippen molar-refractivity contribution in [2.45, 2.75) is 19.6 Å². The van der Waals surface area contributed by atoms with E-state index in [1.165, 1.54) is 6.07 Å². The lowest BCUT2D eigenvalue weighted by molar-refractivity contribution is 0.0924. The van der Waals surface area contributed by atoms with Crippen molar-refractivity contribution in [3.8, 4) is 0 Å². The van der Waals surface area contributed by atoms with Gasteiger partial charge in [0.1, 0.15) is 14.5 Å². The topological polar surface area (TPSA) is 49.4 Å². The molecular formula is C11H14Cl2N2O2Si. The summed E-state index contributed by atoms with van der Waals surface area (Å²) in [6.07, 6.45) is 0.680. The number of hydrogen-bond donors (Lipinski definition) is 1. The average molecular weight is 305 g/mol. The van der Waals surface area contributed by atoms with Crippen LogP contribution in [0.2, 0.25) is 19.6 Å². The average Bonchev–Trinajstić information content (AvgIpc) is 2.24. The molecule has 0 aromatic heterocycles. The zero-order chi connectivity index (χ0) is 13.9. The standard InChI is InChI=1S/C11H14Cl2N2O2Si/c1-18(2,3)14-10-5-8(7-16)4-9(6-10)11(17)15(12)13/h4-7,14H,1-3H3. The minimum atomic E-state index is -1.58. The number of halogens is 2. The van der Waals surface area contributed by atoms with Gasteiger partial charge < -0.3 is 4.98 Å². The second-order valence-electron chi connectivity index (χ2n) is 4.87. The molecule has 1 N–H and O–H groups in total. The molecule has 0 heterocycles. The fourth-order valence-electron chi connectivity index (χ4n) is 1.45. The van der Waals surface area contributed by atoms with Crippen molar-refractivity contribution in [3.05, 3.63) is 29.3 Å². The molecule has 0 spiro atoms. The summed E-state index contributed by atoms with van der Waals surface area (Å²) in [6, 6.07) is 4.77. The highest BCUT2D eigenvalue weighted by molar-refractivity contribution is 6.79. The second kappa shape index (κ2) is 5.73. The SMILES string of the molecule is C[Si](C)(C)Nc1cc(C=O)cc(C(=O)N(Cl)Cl)c1. The van der Waals surface area contributed by atoms with Crippen molar-refractivity contribution in [2.24, 2.45) is 0 Å². The number of benzene rings is 1. The molecule has 1 amide bonds. The molecule has 4 nitrogen and oxygen atoms in total. The Morgan fingerprint density at radius 1 is 1.28 bits per heavy atom. The number of nitrogens with one attached hydrogen (secondary N) is 1. The number of anilines is 1. The summed E-state index contributed by atoms with van der Waals surface area (Å²) in [5.41, 5.74) is 1.39. The number of carbonyl (C=O) groups excluding carboxylic acids is 2. The molecule has 98 valence electrons. The van der Waals surface area contributed by atoms with Gasteiger partial charge in [-0.15, -0.1) is 0 Å². The third-order valence-electron chi connectivity index (χ3n) is 2.01. The highest BCUT2D eigenvalue weighted by Crippen LogP contribution is 2.19. The van der Waals surface area contributed by atoms with Crippen LogP contribution in [0.15, 0.2) is 18.2 Å². The maximum absolute atomic E-state index is 11.7. The van der Waals surface area contributed by atoms with E-state index >= 15 is 0 Å². The largest absolute Gasteiger partial charge is 0.411 e. The van der Waals surface area contributed by atoms with Crippen LogP contribution < -0.4 is 4.98 Å². The molecule has 7 heteroatoms. The Labute approximate surface area is 117 Å². The van der Waals surface area contributed by atoms with Crippen LogP contribution in [0.3, 0.4) is 0 Å². The lowest BCUT2D eigenvalue weighted by Crippen LogP contribution is -2.32. The van der Waals surface area contributed by atoms with Gasteiger partial charge in [0.25, 0.3) is 5.91 Å². The molecule has 0 aliphatic heterocycles. The van der Waals surface area contributed by atoms with Gasteiger partial charge in [-0.2, -0.15) is 3.94 Å². The van der Waals surface area contributed by atoms with Crippen LogP contribution in [0.25, 0.3) is 0 Å². The van der Waals surface area contributed by atoms with E-state index in [1.54, 1.807) is 12.1 Å². The molecule has 0 radical (unpaired) electrons. The van der Waals surface area contributed by atoms with Crippen LogP contribution in [0.1, 0.15) is 20.7 Å². The summed E-state index contributed by atoms with van der Waals surface area (Å²) < 4.78 is 0.447. The van der Waals surface area contributed by atoms with Crippen molar-refractivity contribution in [1.29, 1.82) is 0 Å². The second-order valence-corrected chi connectivity index (χ2v) is 10.5. The van der Waals surface area contributed by atoms with Gasteiger partial charge in [-0.3, -0.25) is 9.59 Å². The Morgan fingerprint density at radius 2 is 1.89 bits per heavy atom. The van der Waals surface area contributed by atoms with Crippen molar-refractivity contribution in [1.82, 2.24) is 3.94 Å². The first-order valence-electron chi connectivity index (χ1n) is 5.27. The predicted octanol–water partition coefficient (Wildman–Crippen LogP) is 3.50. The summed E-state index contributed by atoms with van der Waals surface area (Å²) in [4.78, 5) is 25.8. The first-order chi connectivity index (χ1) is 8.23. The molecule has 18 heavy (non-hydrogen) atoms. The van der Waals surface area contributed by atoms with Crippen LogP contribution in [0.5, 0.6) is 0 Å². The lowest BCUT2D eigenvalue weighted by atomic mass is 10.1. The molecular weight excluding hydrogens is 291 g/mol. The zero-order valence-electron chi connectivity index (χ0n) is 10.3. The van der Waals surface area contributed by atoms with E-state index in [1.807, 2.05) is 0 Å². The summed E-state index contributed by atoms with van der Waals surface area (Å²) in [5.74, 6) is -0.569. The fourth-order valence-corrected chi connectivity index (χ4v) is 2.65. The number of nitrogens with zero attached hydrogens (tertiary/aromatic N) is 1. The molecule has 0 atom stereocenters. The van der Waals surface area contributed by atoms with Gasteiger partial charge in [-0.25, -0.2) is 0 Å². The normalized spacial score (nSPS) is 10.9. The number of aldehydes is 1. The highest BCUT2D eigenvalue weighted by Gasteiger charge is 2.17.